The molecule has 0 aromatic rings. The summed E-state index contributed by atoms with van der Waals surface area (Å²) in [5.41, 5.74) is 0.371. The van der Waals surface area contributed by atoms with Gasteiger partial charge in [-0.2, -0.15) is 0 Å². The van der Waals surface area contributed by atoms with Crippen molar-refractivity contribution in [1.29, 1.82) is 0 Å². The first kappa shape index (κ1) is 16.9. The van der Waals surface area contributed by atoms with Gasteiger partial charge in [0.15, 0.2) is 0 Å². The van der Waals surface area contributed by atoms with Crippen molar-refractivity contribution in [2.75, 3.05) is 46.2 Å². The first-order valence-electron chi connectivity index (χ1n) is 7.61. The summed E-state index contributed by atoms with van der Waals surface area (Å²) in [6, 6.07) is 0. The van der Waals surface area contributed by atoms with Crippen LogP contribution in [0.25, 0.3) is 0 Å². The van der Waals surface area contributed by atoms with Crippen LogP contribution in [0.4, 0.5) is 0 Å². The Morgan fingerprint density at radius 1 is 1.11 bits per heavy atom. The summed E-state index contributed by atoms with van der Waals surface area (Å²) < 4.78 is 20.8. The van der Waals surface area contributed by atoms with Crippen molar-refractivity contribution in [3.8, 4) is 0 Å². The third-order valence-electron chi connectivity index (χ3n) is 3.64. The Morgan fingerprint density at radius 3 is 2.21 bits per heavy atom. The maximum atomic E-state index is 5.39. The van der Waals surface area contributed by atoms with Gasteiger partial charge in [-0.1, -0.05) is 20.3 Å². The van der Waals surface area contributed by atoms with Gasteiger partial charge in [-0.25, -0.2) is 0 Å². The average Bonchev–Trinajstić information content (AvgIpc) is 2.33. The molecule has 2 aliphatic heterocycles. The highest BCUT2D eigenvalue weighted by Gasteiger charge is 2.36. The van der Waals surface area contributed by atoms with E-state index < -0.39 is 0 Å². The summed E-state index contributed by atoms with van der Waals surface area (Å²) in [6.07, 6.45) is 3.98. The molecule has 4 nitrogen and oxygen atoms in total. The summed E-state index contributed by atoms with van der Waals surface area (Å²) in [5.74, 6) is 0. The van der Waals surface area contributed by atoms with Crippen LogP contribution in [0.1, 0.15) is 40.0 Å². The van der Waals surface area contributed by atoms with Crippen molar-refractivity contribution in [1.82, 2.24) is 0 Å². The number of ether oxygens (including phenoxy) is 4. The number of rotatable bonds is 8. The molecule has 0 bridgehead atoms. The van der Waals surface area contributed by atoms with Crippen LogP contribution < -0.4 is 0 Å². The van der Waals surface area contributed by atoms with Crippen LogP contribution in [0, 0.1) is 5.41 Å². The van der Waals surface area contributed by atoms with Gasteiger partial charge in [-0.3, -0.25) is 0 Å². The summed E-state index contributed by atoms with van der Waals surface area (Å²) in [4.78, 5) is 0. The molecule has 0 radical (unpaired) electrons. The van der Waals surface area contributed by atoms with Gasteiger partial charge in [-0.05, 0) is 19.8 Å². The van der Waals surface area contributed by atoms with Crippen LogP contribution in [0.15, 0.2) is 0 Å². The van der Waals surface area contributed by atoms with Crippen LogP contribution in [-0.2, 0) is 18.9 Å². The second-order valence-electron chi connectivity index (χ2n) is 5.37. The van der Waals surface area contributed by atoms with Crippen LogP contribution in [0.3, 0.4) is 0 Å². The molecule has 19 heavy (non-hydrogen) atoms. The van der Waals surface area contributed by atoms with Gasteiger partial charge >= 0.3 is 0 Å². The Labute approximate surface area is 117 Å². The number of unbranched alkanes of at least 4 members (excludes halogenated alkanes) is 1. The molecule has 0 saturated carbocycles. The lowest BCUT2D eigenvalue weighted by atomic mass is 9.84. The van der Waals surface area contributed by atoms with E-state index in [2.05, 4.69) is 13.8 Å². The number of hydrogen-bond donors (Lipinski definition) is 0. The van der Waals surface area contributed by atoms with E-state index in [0.29, 0.717) is 11.5 Å². The van der Waals surface area contributed by atoms with Gasteiger partial charge in [0.25, 0.3) is 0 Å². The van der Waals surface area contributed by atoms with Crippen molar-refractivity contribution < 1.29 is 18.9 Å². The smallest absolute Gasteiger partial charge is 0.104 e. The van der Waals surface area contributed by atoms with Crippen LogP contribution in [-0.4, -0.2) is 52.4 Å². The minimum Gasteiger partial charge on any atom is -0.381 e. The van der Waals surface area contributed by atoms with E-state index in [1.807, 2.05) is 6.92 Å². The fourth-order valence-corrected chi connectivity index (χ4v) is 1.80. The first-order chi connectivity index (χ1) is 9.26. The quantitative estimate of drug-likeness (QED) is 0.638. The average molecular weight is 274 g/mol. The van der Waals surface area contributed by atoms with Gasteiger partial charge in [0.05, 0.1) is 33.0 Å². The predicted octanol–water partition coefficient (Wildman–Crippen LogP) is 2.65. The Kier molecular flexibility index (Phi) is 8.62. The Balaban J connectivity index is 0.000000191. The molecule has 114 valence electrons. The zero-order valence-corrected chi connectivity index (χ0v) is 12.8. The molecule has 0 spiro atoms. The van der Waals surface area contributed by atoms with Crippen molar-refractivity contribution in [3.63, 3.8) is 0 Å². The predicted molar refractivity (Wildman–Crippen MR) is 75.5 cm³/mol. The molecular weight excluding hydrogens is 244 g/mol. The van der Waals surface area contributed by atoms with Gasteiger partial charge in [0.1, 0.15) is 6.10 Å². The molecule has 2 fully saturated rings. The first-order valence-corrected chi connectivity index (χ1v) is 7.61. The van der Waals surface area contributed by atoms with E-state index in [0.717, 1.165) is 46.2 Å². The monoisotopic (exact) mass is 274 g/mol. The van der Waals surface area contributed by atoms with Gasteiger partial charge in [0.2, 0.25) is 0 Å². The molecule has 0 atom stereocenters. The fraction of sp³-hybridized carbons (Fsp3) is 1.00. The molecule has 0 aliphatic carbocycles. The second kappa shape index (κ2) is 9.70. The van der Waals surface area contributed by atoms with Crippen molar-refractivity contribution in [2.45, 2.75) is 46.1 Å². The molecule has 2 heterocycles. The van der Waals surface area contributed by atoms with E-state index in [-0.39, 0.29) is 0 Å². The zero-order chi connectivity index (χ0) is 14.0. The Morgan fingerprint density at radius 2 is 1.84 bits per heavy atom. The fourth-order valence-electron chi connectivity index (χ4n) is 1.80. The van der Waals surface area contributed by atoms with Crippen LogP contribution in [0.2, 0.25) is 0 Å². The normalized spacial score (nSPS) is 21.0. The van der Waals surface area contributed by atoms with E-state index in [9.17, 15) is 0 Å². The third kappa shape index (κ3) is 6.21. The van der Waals surface area contributed by atoms with E-state index in [1.54, 1.807) is 0 Å². The molecule has 2 saturated heterocycles. The van der Waals surface area contributed by atoms with Gasteiger partial charge in [0, 0.05) is 18.6 Å². The van der Waals surface area contributed by atoms with Crippen molar-refractivity contribution >= 4 is 0 Å². The number of hydrogen-bond acceptors (Lipinski definition) is 4. The second-order valence-corrected chi connectivity index (χ2v) is 5.37. The van der Waals surface area contributed by atoms with Crippen LogP contribution >= 0.6 is 0 Å². The molecule has 0 aromatic heterocycles. The molecule has 4 heteroatoms. The highest BCUT2D eigenvalue weighted by Crippen LogP contribution is 2.31. The van der Waals surface area contributed by atoms with E-state index >= 15 is 0 Å². The highest BCUT2D eigenvalue weighted by molar-refractivity contribution is 4.83. The molecule has 0 unspecified atom stereocenters. The minimum absolute atomic E-state index is 0.371. The molecule has 0 amide bonds. The Bertz CT molecular complexity index is 207. The van der Waals surface area contributed by atoms with Crippen molar-refractivity contribution in [3.05, 3.63) is 0 Å². The van der Waals surface area contributed by atoms with Gasteiger partial charge < -0.3 is 18.9 Å². The maximum Gasteiger partial charge on any atom is 0.104 e. The van der Waals surface area contributed by atoms with E-state index in [4.69, 9.17) is 18.9 Å². The zero-order valence-electron chi connectivity index (χ0n) is 12.8. The van der Waals surface area contributed by atoms with Crippen LogP contribution in [0.5, 0.6) is 0 Å². The molecule has 0 aromatic carbocycles. The van der Waals surface area contributed by atoms with Crippen molar-refractivity contribution in [2.24, 2.45) is 5.41 Å². The highest BCUT2D eigenvalue weighted by atomic mass is 16.6. The van der Waals surface area contributed by atoms with E-state index in [1.165, 1.54) is 19.3 Å². The lowest BCUT2D eigenvalue weighted by Gasteiger charge is -2.40. The summed E-state index contributed by atoms with van der Waals surface area (Å²) >= 11 is 0. The molecule has 2 rings (SSSR count). The lowest BCUT2D eigenvalue weighted by Crippen LogP contribution is -2.45. The molecule has 2 aliphatic rings. The van der Waals surface area contributed by atoms with Gasteiger partial charge in [-0.15, -0.1) is 0 Å². The molecular formula is C15H30O4. The minimum atomic E-state index is 0.371. The third-order valence-corrected chi connectivity index (χ3v) is 3.64. The molecule has 0 N–H and O–H groups in total. The standard InChI is InChI=1S/C8H16O2.C7H14O2/c1-3-8(5-9-4-2)6-10-7-8;1-2-3-4-9-7-5-8-6-7/h3-7H2,1-2H3;7H,2-6H2,1H3. The maximum absolute atomic E-state index is 5.39. The Hall–Kier alpha value is -0.160. The summed E-state index contributed by atoms with van der Waals surface area (Å²) in [5, 5.41) is 0. The summed E-state index contributed by atoms with van der Waals surface area (Å²) in [6.45, 7) is 12.4. The topological polar surface area (TPSA) is 36.9 Å². The largest absolute Gasteiger partial charge is 0.381 e. The SMILES string of the molecule is CCCCOC1COC1.CCOCC1(CC)COC1. The summed E-state index contributed by atoms with van der Waals surface area (Å²) in [7, 11) is 0. The lowest BCUT2D eigenvalue weighted by molar-refractivity contribution is -0.149.